The van der Waals surface area contributed by atoms with Gasteiger partial charge in [0.2, 0.25) is 11.8 Å². The van der Waals surface area contributed by atoms with Crippen molar-refractivity contribution in [3.8, 4) is 0 Å². The second kappa shape index (κ2) is 10.0. The number of benzene rings is 1. The number of fused-ring (bicyclic) bond motifs is 1. The smallest absolute Gasteiger partial charge is 0.245 e. The average molecular weight is 441 g/mol. The number of hydrogen-bond acceptors (Lipinski definition) is 4. The molecule has 0 saturated carbocycles. The van der Waals surface area contributed by atoms with Crippen molar-refractivity contribution >= 4 is 22.7 Å². The highest BCUT2D eigenvalue weighted by molar-refractivity contribution is 5.89. The predicted octanol–water partition coefficient (Wildman–Crippen LogP) is 2.56. The molecule has 7 heteroatoms. The second-order valence-electron chi connectivity index (χ2n) is 9.56. The Morgan fingerprint density at radius 1 is 1.16 bits per heavy atom. The number of piperidine rings is 1. The van der Waals surface area contributed by atoms with E-state index in [1.165, 1.54) is 6.92 Å². The van der Waals surface area contributed by atoms with E-state index in [-0.39, 0.29) is 24.0 Å². The summed E-state index contributed by atoms with van der Waals surface area (Å²) in [5, 5.41) is 4.00. The van der Waals surface area contributed by atoms with E-state index in [9.17, 15) is 9.59 Å². The monoisotopic (exact) mass is 440 g/mol. The number of carbonyl (C=O) groups excluding carboxylic acids is 2. The molecule has 2 saturated heterocycles. The van der Waals surface area contributed by atoms with Gasteiger partial charge in [-0.2, -0.15) is 0 Å². The zero-order valence-corrected chi connectivity index (χ0v) is 19.5. The van der Waals surface area contributed by atoms with Crippen molar-refractivity contribution in [1.82, 2.24) is 20.1 Å². The van der Waals surface area contributed by atoms with Gasteiger partial charge < -0.3 is 19.9 Å². The number of para-hydroxylation sites is 1. The van der Waals surface area contributed by atoms with Gasteiger partial charge in [0.15, 0.2) is 0 Å². The first-order valence-electron chi connectivity index (χ1n) is 11.9. The Morgan fingerprint density at radius 3 is 2.53 bits per heavy atom. The molecule has 0 bridgehead atoms. The van der Waals surface area contributed by atoms with E-state index in [1.807, 2.05) is 29.3 Å². The van der Waals surface area contributed by atoms with Crippen molar-refractivity contribution in [2.45, 2.75) is 58.3 Å². The van der Waals surface area contributed by atoms with Crippen LogP contribution in [-0.2, 0) is 20.7 Å². The summed E-state index contributed by atoms with van der Waals surface area (Å²) in [6.07, 6.45) is 5.01. The largest absolute Gasteiger partial charge is 0.373 e. The molecule has 2 aliphatic heterocycles. The molecule has 174 valence electrons. The van der Waals surface area contributed by atoms with Gasteiger partial charge >= 0.3 is 0 Å². The minimum atomic E-state index is -0.538. The number of carbonyl (C=O) groups is 2. The molecule has 7 nitrogen and oxygen atoms in total. The number of H-pyrrole nitrogens is 1. The first-order valence-corrected chi connectivity index (χ1v) is 11.9. The number of likely N-dealkylation sites (tertiary alicyclic amines) is 1. The van der Waals surface area contributed by atoms with E-state index < -0.39 is 6.04 Å². The average Bonchev–Trinajstić information content (AvgIpc) is 3.15. The molecule has 2 N–H and O–H groups in total. The quantitative estimate of drug-likeness (QED) is 0.724. The standard InChI is InChI=1S/C25H36N4O3/c1-17-14-28(15-18(2)32-17)16-20-8-10-29(11-9-20)25(31)24(27-19(3)30)12-21-13-26-23-7-5-4-6-22(21)23/h4-7,13,17-18,20,24,26H,8-12,14-16H2,1-3H3,(H,27,30). The molecule has 4 rings (SSSR count). The molecule has 3 atom stereocenters. The maximum absolute atomic E-state index is 13.4. The van der Waals surface area contributed by atoms with Crippen LogP contribution in [0.3, 0.4) is 0 Å². The Kier molecular flexibility index (Phi) is 7.16. The zero-order chi connectivity index (χ0) is 22.7. The molecule has 1 aromatic carbocycles. The van der Waals surface area contributed by atoms with E-state index in [2.05, 4.69) is 35.1 Å². The van der Waals surface area contributed by atoms with Gasteiger partial charge in [0, 0.05) is 63.2 Å². The van der Waals surface area contributed by atoms with E-state index in [0.29, 0.717) is 12.3 Å². The zero-order valence-electron chi connectivity index (χ0n) is 19.5. The van der Waals surface area contributed by atoms with Crippen LogP contribution in [0.1, 0.15) is 39.2 Å². The molecule has 0 spiro atoms. The first kappa shape index (κ1) is 22.8. The van der Waals surface area contributed by atoms with Crippen LogP contribution in [0.4, 0.5) is 0 Å². The summed E-state index contributed by atoms with van der Waals surface area (Å²) >= 11 is 0. The van der Waals surface area contributed by atoms with Gasteiger partial charge in [0.05, 0.1) is 12.2 Å². The number of ether oxygens (including phenoxy) is 1. The summed E-state index contributed by atoms with van der Waals surface area (Å²) in [5.74, 6) is 0.454. The van der Waals surface area contributed by atoms with Crippen molar-refractivity contribution in [3.63, 3.8) is 0 Å². The van der Waals surface area contributed by atoms with Gasteiger partial charge in [-0.3, -0.25) is 14.5 Å². The topological polar surface area (TPSA) is 77.7 Å². The number of morpholine rings is 1. The minimum Gasteiger partial charge on any atom is -0.373 e. The van der Waals surface area contributed by atoms with Crippen molar-refractivity contribution in [3.05, 3.63) is 36.0 Å². The third-order valence-electron chi connectivity index (χ3n) is 6.71. The molecule has 3 unspecified atom stereocenters. The lowest BCUT2D eigenvalue weighted by Gasteiger charge is -2.40. The van der Waals surface area contributed by atoms with Crippen LogP contribution in [0, 0.1) is 5.92 Å². The van der Waals surface area contributed by atoms with Crippen LogP contribution in [0.15, 0.2) is 30.5 Å². The minimum absolute atomic E-state index is 0.0255. The van der Waals surface area contributed by atoms with E-state index in [1.54, 1.807) is 0 Å². The third kappa shape index (κ3) is 5.51. The molecular weight excluding hydrogens is 404 g/mol. The molecular formula is C25H36N4O3. The molecule has 2 fully saturated rings. The fourth-order valence-corrected chi connectivity index (χ4v) is 5.32. The number of amides is 2. The summed E-state index contributed by atoms with van der Waals surface area (Å²) in [4.78, 5) is 32.9. The fourth-order valence-electron chi connectivity index (χ4n) is 5.32. The lowest BCUT2D eigenvalue weighted by atomic mass is 9.94. The predicted molar refractivity (Wildman–Crippen MR) is 125 cm³/mol. The number of aromatic amines is 1. The first-order chi connectivity index (χ1) is 15.4. The molecule has 3 heterocycles. The summed E-state index contributed by atoms with van der Waals surface area (Å²) < 4.78 is 5.85. The number of rotatable bonds is 6. The van der Waals surface area contributed by atoms with Crippen LogP contribution in [-0.4, -0.2) is 77.6 Å². The van der Waals surface area contributed by atoms with Gasteiger partial charge in [-0.25, -0.2) is 0 Å². The molecule has 0 radical (unpaired) electrons. The van der Waals surface area contributed by atoms with E-state index in [0.717, 1.165) is 62.0 Å². The van der Waals surface area contributed by atoms with Crippen molar-refractivity contribution in [2.75, 3.05) is 32.7 Å². The van der Waals surface area contributed by atoms with E-state index >= 15 is 0 Å². The Hall–Kier alpha value is -2.38. The van der Waals surface area contributed by atoms with Crippen LogP contribution in [0.5, 0.6) is 0 Å². The molecule has 2 aromatic rings. The SMILES string of the molecule is CC(=O)NC(Cc1c[nH]c2ccccc12)C(=O)N1CCC(CN2CC(C)OC(C)C2)CC1. The Morgan fingerprint density at radius 2 is 1.84 bits per heavy atom. The lowest BCUT2D eigenvalue weighted by molar-refractivity contribution is -0.137. The summed E-state index contributed by atoms with van der Waals surface area (Å²) in [5.41, 5.74) is 2.10. The van der Waals surface area contributed by atoms with E-state index in [4.69, 9.17) is 4.74 Å². The van der Waals surface area contributed by atoms with Crippen molar-refractivity contribution < 1.29 is 14.3 Å². The number of nitrogens with zero attached hydrogens (tertiary/aromatic N) is 2. The molecule has 32 heavy (non-hydrogen) atoms. The van der Waals surface area contributed by atoms with Gasteiger partial charge in [-0.05, 0) is 44.2 Å². The highest BCUT2D eigenvalue weighted by Gasteiger charge is 2.31. The van der Waals surface area contributed by atoms with Gasteiger partial charge in [0.25, 0.3) is 0 Å². The Balaban J connectivity index is 1.35. The number of aromatic nitrogens is 1. The Labute approximate surface area is 190 Å². The van der Waals surface area contributed by atoms with Gasteiger partial charge in [-0.1, -0.05) is 18.2 Å². The van der Waals surface area contributed by atoms with Crippen LogP contribution < -0.4 is 5.32 Å². The number of nitrogens with one attached hydrogen (secondary N) is 2. The molecule has 1 aromatic heterocycles. The van der Waals surface area contributed by atoms with Crippen molar-refractivity contribution in [1.29, 1.82) is 0 Å². The summed E-state index contributed by atoms with van der Waals surface area (Å²) in [6.45, 7) is 10.3. The molecule has 0 aliphatic carbocycles. The summed E-state index contributed by atoms with van der Waals surface area (Å²) in [7, 11) is 0. The highest BCUT2D eigenvalue weighted by Crippen LogP contribution is 2.23. The maximum Gasteiger partial charge on any atom is 0.245 e. The molecule has 2 amide bonds. The fraction of sp³-hybridized carbons (Fsp3) is 0.600. The van der Waals surface area contributed by atoms with Gasteiger partial charge in [0.1, 0.15) is 6.04 Å². The maximum atomic E-state index is 13.4. The van der Waals surface area contributed by atoms with Crippen molar-refractivity contribution in [2.24, 2.45) is 5.92 Å². The highest BCUT2D eigenvalue weighted by atomic mass is 16.5. The van der Waals surface area contributed by atoms with Gasteiger partial charge in [-0.15, -0.1) is 0 Å². The lowest BCUT2D eigenvalue weighted by Crippen LogP contribution is -2.52. The molecule has 2 aliphatic rings. The number of hydrogen-bond donors (Lipinski definition) is 2. The summed E-state index contributed by atoms with van der Waals surface area (Å²) in [6, 6.07) is 7.52. The van der Waals surface area contributed by atoms with Crippen LogP contribution >= 0.6 is 0 Å². The second-order valence-corrected chi connectivity index (χ2v) is 9.56. The Bertz CT molecular complexity index is 924. The normalized spacial score (nSPS) is 23.9. The van der Waals surface area contributed by atoms with Crippen LogP contribution in [0.25, 0.3) is 10.9 Å². The van der Waals surface area contributed by atoms with Crippen LogP contribution in [0.2, 0.25) is 0 Å². The third-order valence-corrected chi connectivity index (χ3v) is 6.71.